The second kappa shape index (κ2) is 6.88. The summed E-state index contributed by atoms with van der Waals surface area (Å²) in [6.45, 7) is 0. The summed E-state index contributed by atoms with van der Waals surface area (Å²) >= 11 is 6.35. The van der Waals surface area contributed by atoms with Gasteiger partial charge in [-0.3, -0.25) is 4.79 Å². The molecule has 1 heterocycles. The first kappa shape index (κ1) is 17.1. The van der Waals surface area contributed by atoms with Crippen LogP contribution in [-0.2, 0) is 0 Å². The molecule has 1 aromatic heterocycles. The van der Waals surface area contributed by atoms with Crippen LogP contribution in [0.3, 0.4) is 0 Å². The van der Waals surface area contributed by atoms with Crippen molar-refractivity contribution in [3.05, 3.63) is 77.3 Å². The maximum absolute atomic E-state index is 13.0. The second-order valence-electron chi connectivity index (χ2n) is 7.23. The van der Waals surface area contributed by atoms with Crippen molar-refractivity contribution < 1.29 is 4.79 Å². The van der Waals surface area contributed by atoms with Gasteiger partial charge < -0.3 is 0 Å². The highest BCUT2D eigenvalue weighted by atomic mass is 35.5. The average Bonchev–Trinajstić information content (AvgIpc) is 3.08. The maximum Gasteiger partial charge on any atom is 0.272 e. The van der Waals surface area contributed by atoms with Crippen molar-refractivity contribution in [2.75, 3.05) is 0 Å². The average molecular weight is 388 g/mol. The van der Waals surface area contributed by atoms with Crippen molar-refractivity contribution in [3.63, 3.8) is 0 Å². The van der Waals surface area contributed by atoms with Gasteiger partial charge in [-0.15, -0.1) is 0 Å². The van der Waals surface area contributed by atoms with Crippen LogP contribution in [0.4, 0.5) is 0 Å². The summed E-state index contributed by atoms with van der Waals surface area (Å²) in [5.41, 5.74) is 6.61. The van der Waals surface area contributed by atoms with Gasteiger partial charge in [0.05, 0.1) is 16.8 Å². The third kappa shape index (κ3) is 2.90. The zero-order valence-electron chi connectivity index (χ0n) is 15.1. The number of para-hydroxylation sites is 1. The van der Waals surface area contributed by atoms with Crippen LogP contribution in [-0.4, -0.2) is 16.6 Å². The Morgan fingerprint density at radius 1 is 1.14 bits per heavy atom. The van der Waals surface area contributed by atoms with Crippen LogP contribution >= 0.6 is 11.6 Å². The normalized spacial score (nSPS) is 21.5. The number of rotatable bonds is 3. The Kier molecular flexibility index (Phi) is 4.21. The lowest BCUT2D eigenvalue weighted by molar-refractivity contribution is 0.0955. The van der Waals surface area contributed by atoms with Crippen molar-refractivity contribution >= 4 is 34.1 Å². The zero-order chi connectivity index (χ0) is 19.1. The maximum atomic E-state index is 13.0. The van der Waals surface area contributed by atoms with Gasteiger partial charge in [0.2, 0.25) is 0 Å². The molecule has 2 aliphatic carbocycles. The summed E-state index contributed by atoms with van der Waals surface area (Å²) in [5.74, 6) is 0.839. The minimum atomic E-state index is -0.228. The number of allylic oxidation sites excluding steroid dienone is 2. The molecule has 2 aliphatic rings. The third-order valence-corrected chi connectivity index (χ3v) is 5.90. The first-order chi connectivity index (χ1) is 13.7. The van der Waals surface area contributed by atoms with Gasteiger partial charge in [0.15, 0.2) is 0 Å². The first-order valence-corrected chi connectivity index (χ1v) is 9.76. The summed E-state index contributed by atoms with van der Waals surface area (Å²) in [6, 6.07) is 16.9. The van der Waals surface area contributed by atoms with E-state index in [1.807, 2.05) is 48.5 Å². The Morgan fingerprint density at radius 2 is 1.96 bits per heavy atom. The molecule has 1 amide bonds. The second-order valence-corrected chi connectivity index (χ2v) is 7.64. The minimum absolute atomic E-state index is 0.228. The van der Waals surface area contributed by atoms with Gasteiger partial charge in [0.25, 0.3) is 5.91 Å². The lowest BCUT2D eigenvalue weighted by atomic mass is 9.74. The summed E-state index contributed by atoms with van der Waals surface area (Å²) in [5, 5.41) is 5.81. The fourth-order valence-electron chi connectivity index (χ4n) is 4.02. The van der Waals surface area contributed by atoms with Crippen LogP contribution in [0.5, 0.6) is 0 Å². The van der Waals surface area contributed by atoms with Crippen molar-refractivity contribution in [3.8, 4) is 11.3 Å². The van der Waals surface area contributed by atoms with E-state index in [-0.39, 0.29) is 5.91 Å². The minimum Gasteiger partial charge on any atom is -0.267 e. The number of nitrogens with one attached hydrogen (secondary N) is 1. The zero-order valence-corrected chi connectivity index (χ0v) is 15.9. The van der Waals surface area contributed by atoms with Crippen molar-refractivity contribution in [2.45, 2.75) is 12.8 Å². The molecule has 3 aromatic rings. The van der Waals surface area contributed by atoms with E-state index in [0.717, 1.165) is 35.0 Å². The number of pyridine rings is 1. The van der Waals surface area contributed by atoms with Gasteiger partial charge >= 0.3 is 0 Å². The van der Waals surface area contributed by atoms with Gasteiger partial charge in [0.1, 0.15) is 0 Å². The van der Waals surface area contributed by atoms with E-state index in [4.69, 9.17) is 16.6 Å². The number of amides is 1. The molecule has 1 N–H and O–H groups in total. The monoisotopic (exact) mass is 387 g/mol. The molecule has 5 heteroatoms. The van der Waals surface area contributed by atoms with Crippen LogP contribution in [0, 0.1) is 11.8 Å². The molecule has 28 heavy (non-hydrogen) atoms. The highest BCUT2D eigenvalue weighted by molar-refractivity contribution is 6.33. The lowest BCUT2D eigenvalue weighted by Crippen LogP contribution is -2.35. The van der Waals surface area contributed by atoms with Crippen LogP contribution in [0.25, 0.3) is 22.2 Å². The van der Waals surface area contributed by atoms with E-state index in [2.05, 4.69) is 22.7 Å². The van der Waals surface area contributed by atoms with Crippen LogP contribution in [0.15, 0.2) is 71.9 Å². The number of nitrogens with zero attached hydrogens (tertiary/aromatic N) is 2. The van der Waals surface area contributed by atoms with E-state index in [9.17, 15) is 4.79 Å². The van der Waals surface area contributed by atoms with Crippen LogP contribution in [0.2, 0.25) is 5.02 Å². The number of benzene rings is 2. The number of hydrazone groups is 1. The molecule has 4 nitrogen and oxygen atoms in total. The number of carbonyl (C=O) groups is 1. The van der Waals surface area contributed by atoms with E-state index < -0.39 is 0 Å². The number of aromatic nitrogens is 1. The SMILES string of the molecule is O=C(N/N=C1\CC2C=CCC12)c1cc(-c2ccccc2Cl)nc2ccccc12. The van der Waals surface area contributed by atoms with E-state index >= 15 is 0 Å². The number of hydrogen-bond acceptors (Lipinski definition) is 3. The topological polar surface area (TPSA) is 54.4 Å². The van der Waals surface area contributed by atoms with Gasteiger partial charge in [-0.25, -0.2) is 10.4 Å². The Labute approximate surface area is 167 Å². The molecule has 0 radical (unpaired) electrons. The molecule has 1 saturated carbocycles. The van der Waals surface area contributed by atoms with Crippen LogP contribution in [0.1, 0.15) is 23.2 Å². The van der Waals surface area contributed by atoms with E-state index in [0.29, 0.717) is 28.1 Å². The molecule has 0 bridgehead atoms. The predicted molar refractivity (Wildman–Crippen MR) is 112 cm³/mol. The Balaban J connectivity index is 1.52. The standard InChI is InChI=1S/C23H18ClN3O/c24-19-10-3-1-8-17(19)21-13-18(16-7-2-4-11-20(16)25-21)23(28)27-26-22-12-14-6-5-9-15(14)22/h1-8,10-11,13-15H,9,12H2,(H,27,28)/b26-22+. The quantitative estimate of drug-likeness (QED) is 0.493. The summed E-state index contributed by atoms with van der Waals surface area (Å²) < 4.78 is 0. The molecule has 2 unspecified atom stereocenters. The largest absolute Gasteiger partial charge is 0.272 e. The predicted octanol–water partition coefficient (Wildman–Crippen LogP) is 5.24. The number of fused-ring (bicyclic) bond motifs is 2. The van der Waals surface area contributed by atoms with Crippen LogP contribution < -0.4 is 5.43 Å². The van der Waals surface area contributed by atoms with Crippen molar-refractivity contribution in [2.24, 2.45) is 16.9 Å². The highest BCUT2D eigenvalue weighted by Gasteiger charge is 2.38. The molecule has 0 aliphatic heterocycles. The number of halogens is 1. The molecular formula is C23H18ClN3O. The number of hydrogen-bond donors (Lipinski definition) is 1. The highest BCUT2D eigenvalue weighted by Crippen LogP contribution is 2.40. The Hall–Kier alpha value is -2.98. The molecule has 2 aromatic carbocycles. The Bertz CT molecular complexity index is 1150. The Morgan fingerprint density at radius 3 is 2.82 bits per heavy atom. The van der Waals surface area contributed by atoms with Gasteiger partial charge in [-0.05, 0) is 37.0 Å². The molecule has 0 spiro atoms. The van der Waals surface area contributed by atoms with Gasteiger partial charge in [0, 0.05) is 27.6 Å². The van der Waals surface area contributed by atoms with Crippen molar-refractivity contribution in [1.82, 2.24) is 10.4 Å². The smallest absolute Gasteiger partial charge is 0.267 e. The van der Waals surface area contributed by atoms with Gasteiger partial charge in [-0.2, -0.15) is 5.10 Å². The number of carbonyl (C=O) groups excluding carboxylic acids is 1. The third-order valence-electron chi connectivity index (χ3n) is 5.57. The summed E-state index contributed by atoms with van der Waals surface area (Å²) in [7, 11) is 0. The molecular weight excluding hydrogens is 370 g/mol. The summed E-state index contributed by atoms with van der Waals surface area (Å²) in [4.78, 5) is 17.7. The van der Waals surface area contributed by atoms with E-state index in [1.165, 1.54) is 0 Å². The van der Waals surface area contributed by atoms with Gasteiger partial charge in [-0.1, -0.05) is 60.2 Å². The van der Waals surface area contributed by atoms with E-state index in [1.54, 1.807) is 6.07 Å². The first-order valence-electron chi connectivity index (χ1n) is 9.39. The van der Waals surface area contributed by atoms with Crippen molar-refractivity contribution in [1.29, 1.82) is 0 Å². The molecule has 2 atom stereocenters. The molecule has 1 fully saturated rings. The molecule has 0 saturated heterocycles. The fraction of sp³-hybridized carbons (Fsp3) is 0.174. The lowest BCUT2D eigenvalue weighted by Gasteiger charge is -2.31. The molecule has 5 rings (SSSR count). The summed E-state index contributed by atoms with van der Waals surface area (Å²) in [6.07, 6.45) is 6.40. The fourth-order valence-corrected chi connectivity index (χ4v) is 4.25. The molecule has 138 valence electrons.